The number of carboxylic acids is 1. The number of ether oxygens (including phenoxy) is 5. The second-order valence-corrected chi connectivity index (χ2v) is 11.4. The Labute approximate surface area is 300 Å². The maximum atomic E-state index is 12.6. The standard InChI is InChI=1S/C40H32F6O7/c1-3-49-36(24-50-32-20-22-33(23-21-32)51-25(2)38(47)48)37(30-8-4-26(5-9-30)28-12-16-34(17-13-28)52-39(41,42)43)31-10-6-27(7-11-31)29-14-18-35(19-15-29)53-40(44,45)46/h4-23,25H,3,24H2,1-2H3,(H,47,48). The van der Waals surface area contributed by atoms with Gasteiger partial charge in [-0.1, -0.05) is 72.8 Å². The Bertz CT molecular complexity index is 1880. The molecule has 1 unspecified atom stereocenters. The Hall–Kier alpha value is -6.11. The van der Waals surface area contributed by atoms with E-state index in [1.807, 2.05) is 55.5 Å². The molecule has 0 fully saturated rings. The van der Waals surface area contributed by atoms with Gasteiger partial charge in [0.2, 0.25) is 0 Å². The molecule has 276 valence electrons. The van der Waals surface area contributed by atoms with E-state index in [0.717, 1.165) is 22.3 Å². The van der Waals surface area contributed by atoms with Crippen molar-refractivity contribution in [1.29, 1.82) is 0 Å². The normalized spacial score (nSPS) is 12.0. The number of rotatable bonds is 14. The highest BCUT2D eigenvalue weighted by Crippen LogP contribution is 2.34. The van der Waals surface area contributed by atoms with Gasteiger partial charge in [0.25, 0.3) is 0 Å². The van der Waals surface area contributed by atoms with Crippen molar-refractivity contribution >= 4 is 11.5 Å². The van der Waals surface area contributed by atoms with E-state index in [0.29, 0.717) is 34.0 Å². The maximum absolute atomic E-state index is 12.6. The van der Waals surface area contributed by atoms with Gasteiger partial charge in [0.1, 0.15) is 35.4 Å². The summed E-state index contributed by atoms with van der Waals surface area (Å²) in [5.74, 6) is -0.509. The zero-order chi connectivity index (χ0) is 38.2. The monoisotopic (exact) mass is 738 g/mol. The van der Waals surface area contributed by atoms with Gasteiger partial charge in [-0.3, -0.25) is 0 Å². The minimum atomic E-state index is -4.80. The van der Waals surface area contributed by atoms with Crippen LogP contribution in [-0.2, 0) is 9.53 Å². The van der Waals surface area contributed by atoms with Crippen molar-refractivity contribution in [2.45, 2.75) is 32.7 Å². The molecular weight excluding hydrogens is 706 g/mol. The van der Waals surface area contributed by atoms with E-state index in [2.05, 4.69) is 9.47 Å². The molecule has 0 aliphatic heterocycles. The van der Waals surface area contributed by atoms with E-state index in [-0.39, 0.29) is 24.7 Å². The molecule has 0 bridgehead atoms. The van der Waals surface area contributed by atoms with Crippen LogP contribution in [0.4, 0.5) is 26.3 Å². The molecule has 0 saturated heterocycles. The van der Waals surface area contributed by atoms with Crippen LogP contribution < -0.4 is 18.9 Å². The molecule has 0 radical (unpaired) electrons. The van der Waals surface area contributed by atoms with Crippen LogP contribution in [0.2, 0.25) is 0 Å². The van der Waals surface area contributed by atoms with Gasteiger partial charge in [0.15, 0.2) is 6.10 Å². The van der Waals surface area contributed by atoms with Gasteiger partial charge >= 0.3 is 18.7 Å². The molecule has 5 aromatic carbocycles. The number of halogens is 6. The minimum absolute atomic E-state index is 0.0141. The molecule has 5 rings (SSSR count). The molecule has 0 aromatic heterocycles. The van der Waals surface area contributed by atoms with Crippen molar-refractivity contribution in [3.63, 3.8) is 0 Å². The van der Waals surface area contributed by atoms with Crippen LogP contribution in [0.1, 0.15) is 25.0 Å². The Morgan fingerprint density at radius 3 is 1.30 bits per heavy atom. The van der Waals surface area contributed by atoms with E-state index >= 15 is 0 Å². The number of hydrogen-bond acceptors (Lipinski definition) is 6. The third-order valence-electron chi connectivity index (χ3n) is 7.64. The number of carbonyl (C=O) groups is 1. The van der Waals surface area contributed by atoms with Crippen molar-refractivity contribution in [1.82, 2.24) is 0 Å². The Morgan fingerprint density at radius 1 is 0.585 bits per heavy atom. The summed E-state index contributed by atoms with van der Waals surface area (Å²) in [5.41, 5.74) is 4.90. The van der Waals surface area contributed by atoms with Crippen LogP contribution in [-0.4, -0.2) is 43.1 Å². The summed E-state index contributed by atoms with van der Waals surface area (Å²) in [7, 11) is 0. The summed E-state index contributed by atoms with van der Waals surface area (Å²) in [6.07, 6.45) is -10.7. The zero-order valence-corrected chi connectivity index (χ0v) is 28.2. The molecule has 5 aromatic rings. The molecule has 0 aliphatic rings. The lowest BCUT2D eigenvalue weighted by molar-refractivity contribution is -0.275. The predicted molar refractivity (Wildman–Crippen MR) is 184 cm³/mol. The summed E-state index contributed by atoms with van der Waals surface area (Å²) in [5, 5.41) is 9.12. The summed E-state index contributed by atoms with van der Waals surface area (Å²) in [6.45, 7) is 3.51. The van der Waals surface area contributed by atoms with Crippen molar-refractivity contribution < 1.29 is 59.9 Å². The number of hydrogen-bond donors (Lipinski definition) is 1. The van der Waals surface area contributed by atoms with Gasteiger partial charge < -0.3 is 28.8 Å². The SMILES string of the molecule is CCOC(COc1ccc(OC(C)C(=O)O)cc1)=C(c1ccc(-c2ccc(OC(F)(F)F)cc2)cc1)c1ccc(-c2ccc(OC(F)(F)F)cc2)cc1. The van der Waals surface area contributed by atoms with Crippen LogP contribution in [0.15, 0.2) is 127 Å². The fraction of sp³-hybridized carbons (Fsp3) is 0.175. The van der Waals surface area contributed by atoms with E-state index in [4.69, 9.17) is 19.3 Å². The average Bonchev–Trinajstić information content (AvgIpc) is 3.11. The lowest BCUT2D eigenvalue weighted by Crippen LogP contribution is -2.22. The van der Waals surface area contributed by atoms with Crippen LogP contribution >= 0.6 is 0 Å². The molecular formula is C40H32F6O7. The molecule has 0 saturated carbocycles. The summed E-state index contributed by atoms with van der Waals surface area (Å²) >= 11 is 0. The molecule has 1 N–H and O–H groups in total. The first-order chi connectivity index (χ1) is 25.2. The van der Waals surface area contributed by atoms with Gasteiger partial charge in [-0.2, -0.15) is 0 Å². The molecule has 13 heteroatoms. The molecule has 0 heterocycles. The molecule has 0 aliphatic carbocycles. The molecule has 7 nitrogen and oxygen atoms in total. The van der Waals surface area contributed by atoms with Crippen LogP contribution in [0.25, 0.3) is 27.8 Å². The number of aliphatic carboxylic acids is 1. The average molecular weight is 739 g/mol. The second kappa shape index (κ2) is 16.5. The topological polar surface area (TPSA) is 83.5 Å². The Kier molecular flexibility index (Phi) is 11.9. The predicted octanol–water partition coefficient (Wildman–Crippen LogP) is 10.5. The number of carboxylic acid groups (broad SMARTS) is 1. The number of benzene rings is 5. The first-order valence-corrected chi connectivity index (χ1v) is 16.1. The third kappa shape index (κ3) is 10.9. The highest BCUT2D eigenvalue weighted by atomic mass is 19.4. The van der Waals surface area contributed by atoms with E-state index in [1.165, 1.54) is 55.5 Å². The van der Waals surface area contributed by atoms with Crippen molar-refractivity contribution in [3.05, 3.63) is 138 Å². The maximum Gasteiger partial charge on any atom is 0.573 e. The lowest BCUT2D eigenvalue weighted by atomic mass is 9.93. The Balaban J connectivity index is 1.46. The van der Waals surface area contributed by atoms with E-state index in [1.54, 1.807) is 24.3 Å². The molecule has 1 atom stereocenters. The van der Waals surface area contributed by atoms with Crippen LogP contribution in [0, 0.1) is 0 Å². The van der Waals surface area contributed by atoms with Crippen molar-refractivity contribution in [2.75, 3.05) is 13.2 Å². The Morgan fingerprint density at radius 2 is 0.943 bits per heavy atom. The quantitative estimate of drug-likeness (QED) is 0.0897. The van der Waals surface area contributed by atoms with Crippen LogP contribution in [0.3, 0.4) is 0 Å². The van der Waals surface area contributed by atoms with Gasteiger partial charge in [-0.15, -0.1) is 26.3 Å². The fourth-order valence-corrected chi connectivity index (χ4v) is 5.22. The summed E-state index contributed by atoms with van der Waals surface area (Å²) in [6, 6.07) is 32.1. The van der Waals surface area contributed by atoms with E-state index < -0.39 is 24.8 Å². The van der Waals surface area contributed by atoms with Crippen molar-refractivity contribution in [2.24, 2.45) is 0 Å². The molecule has 0 spiro atoms. The molecule has 53 heavy (non-hydrogen) atoms. The van der Waals surface area contributed by atoms with Crippen molar-refractivity contribution in [3.8, 4) is 45.3 Å². The summed E-state index contributed by atoms with van der Waals surface area (Å²) in [4.78, 5) is 11.2. The fourth-order valence-electron chi connectivity index (χ4n) is 5.22. The van der Waals surface area contributed by atoms with Gasteiger partial charge in [-0.05, 0) is 95.8 Å². The zero-order valence-electron chi connectivity index (χ0n) is 28.2. The third-order valence-corrected chi connectivity index (χ3v) is 7.64. The van der Waals surface area contributed by atoms with Crippen LogP contribution in [0.5, 0.6) is 23.0 Å². The lowest BCUT2D eigenvalue weighted by Gasteiger charge is -2.19. The van der Waals surface area contributed by atoms with Gasteiger partial charge in [0, 0.05) is 5.57 Å². The minimum Gasteiger partial charge on any atom is -0.494 e. The van der Waals surface area contributed by atoms with E-state index in [9.17, 15) is 31.1 Å². The van der Waals surface area contributed by atoms with Gasteiger partial charge in [-0.25, -0.2) is 4.79 Å². The molecule has 0 amide bonds. The largest absolute Gasteiger partial charge is 0.573 e. The highest BCUT2D eigenvalue weighted by molar-refractivity contribution is 5.83. The highest BCUT2D eigenvalue weighted by Gasteiger charge is 2.31. The number of alkyl halides is 6. The van der Waals surface area contributed by atoms with Gasteiger partial charge in [0.05, 0.1) is 6.61 Å². The first-order valence-electron chi connectivity index (χ1n) is 16.1. The smallest absolute Gasteiger partial charge is 0.494 e. The summed E-state index contributed by atoms with van der Waals surface area (Å²) < 4.78 is 101. The second-order valence-electron chi connectivity index (χ2n) is 11.4. The first kappa shape index (κ1) is 38.1.